The van der Waals surface area contributed by atoms with Crippen LogP contribution >= 0.6 is 0 Å². The molecule has 172 valence electrons. The number of allylic oxidation sites excluding steroid dienone is 8. The minimum Gasteiger partial charge on any atom is -1.00 e. The van der Waals surface area contributed by atoms with Crippen LogP contribution in [0.5, 0.6) is 0 Å². The normalized spacial score (nSPS) is 17.2. The van der Waals surface area contributed by atoms with E-state index in [-0.39, 0.29) is 50.9 Å². The van der Waals surface area contributed by atoms with Gasteiger partial charge in [-0.15, -0.1) is 0 Å². The van der Waals surface area contributed by atoms with Gasteiger partial charge in [0, 0.05) is 0 Å². The van der Waals surface area contributed by atoms with Gasteiger partial charge in [-0.3, -0.25) is 0 Å². The average Bonchev–Trinajstić information content (AvgIpc) is 3.44. The molecule has 2 aromatic rings. The quantitative estimate of drug-likeness (QED) is 0.325. The van der Waals surface area contributed by atoms with E-state index < -0.39 is 0 Å². The molecule has 0 spiro atoms. The second kappa shape index (κ2) is 14.8. The fraction of sp³-hybridized carbons (Fsp3) is 0.310. The second-order valence-electron chi connectivity index (χ2n) is 8.78. The van der Waals surface area contributed by atoms with Gasteiger partial charge in [0.1, 0.15) is 0 Å². The number of hydrogen-bond acceptors (Lipinski definition) is 0. The van der Waals surface area contributed by atoms with Gasteiger partial charge >= 0.3 is 194 Å². The molecule has 4 heteroatoms. The van der Waals surface area contributed by atoms with Crippen LogP contribution in [0, 0.1) is 0 Å². The van der Waals surface area contributed by atoms with E-state index in [0.29, 0.717) is 16.1 Å². The fourth-order valence-electron chi connectivity index (χ4n) is 4.81. The molecule has 0 nitrogen and oxygen atoms in total. The minimum atomic E-state index is 0. The molecule has 0 saturated heterocycles. The summed E-state index contributed by atoms with van der Waals surface area (Å²) in [6, 6.07) is 21.9. The Hall–Kier alpha value is -0.446. The number of benzene rings is 2. The van der Waals surface area contributed by atoms with Crippen LogP contribution in [0.15, 0.2) is 107 Å². The van der Waals surface area contributed by atoms with E-state index in [0.717, 1.165) is 25.7 Å². The van der Waals surface area contributed by atoms with E-state index in [9.17, 15) is 0 Å². The zero-order chi connectivity index (χ0) is 20.9. The Morgan fingerprint density at radius 2 is 1.00 bits per heavy atom. The number of rotatable bonds is 8. The third-order valence-electron chi connectivity index (χ3n) is 6.62. The molecule has 0 heterocycles. The summed E-state index contributed by atoms with van der Waals surface area (Å²) in [6.07, 6.45) is 14.0. The molecule has 0 aliphatic heterocycles. The molecule has 0 radical (unpaired) electrons. The van der Waals surface area contributed by atoms with Crippen molar-refractivity contribution in [3.8, 4) is 0 Å². The summed E-state index contributed by atoms with van der Waals surface area (Å²) in [5, 5.41) is 0. The van der Waals surface area contributed by atoms with E-state index in [1.807, 2.05) is 0 Å². The minimum absolute atomic E-state index is 0. The van der Waals surface area contributed by atoms with Crippen molar-refractivity contribution in [2.75, 3.05) is 0 Å². The zero-order valence-corrected chi connectivity index (χ0v) is 25.6. The molecule has 0 saturated carbocycles. The van der Waals surface area contributed by atoms with Crippen molar-refractivity contribution in [2.45, 2.75) is 55.6 Å². The summed E-state index contributed by atoms with van der Waals surface area (Å²) in [5.74, 6) is 1.11. The molecule has 2 aromatic carbocycles. The molecule has 2 unspecified atom stereocenters. The fourth-order valence-corrected chi connectivity index (χ4v) is 5.75. The average molecular weight is 667 g/mol. The molecule has 0 aromatic heterocycles. The first-order valence-corrected chi connectivity index (χ1v) is 12.1. The van der Waals surface area contributed by atoms with Crippen molar-refractivity contribution in [3.05, 3.63) is 118 Å². The first-order chi connectivity index (χ1) is 14.6. The molecule has 2 aliphatic rings. The monoisotopic (exact) mass is 664 g/mol. The van der Waals surface area contributed by atoms with E-state index in [1.54, 1.807) is 22.3 Å². The zero-order valence-electron chi connectivity index (χ0n) is 19.3. The van der Waals surface area contributed by atoms with E-state index in [2.05, 4.69) is 119 Å². The maximum Gasteiger partial charge on any atom is -1.00 e. The van der Waals surface area contributed by atoms with Crippen LogP contribution in [-0.2, 0) is 20.4 Å². The Bertz CT molecular complexity index is 909. The number of hydrogen-bond donors (Lipinski definition) is 0. The van der Waals surface area contributed by atoms with E-state index in [4.69, 9.17) is 0 Å². The summed E-state index contributed by atoms with van der Waals surface area (Å²) in [4.78, 5) is 0. The van der Waals surface area contributed by atoms with Gasteiger partial charge in [0.15, 0.2) is 0 Å². The van der Waals surface area contributed by atoms with Gasteiger partial charge in [0.2, 0.25) is 0 Å². The van der Waals surface area contributed by atoms with Crippen LogP contribution in [0.3, 0.4) is 0 Å². The van der Waals surface area contributed by atoms with Crippen molar-refractivity contribution in [1.29, 1.82) is 0 Å². The van der Waals surface area contributed by atoms with Gasteiger partial charge < -0.3 is 50.9 Å². The van der Waals surface area contributed by atoms with Crippen LogP contribution in [-0.4, -0.2) is 0 Å². The smallest absolute Gasteiger partial charge is 1.00 e. The molecule has 2 atom stereocenters. The standard InChI is InChI=1S/C29H31.3BrH.Ti/c1-22(24-11-5-3-6-12-24)19-26-15-9-17-28(26)21-29-18-10-16-27(29)20-23(2)25-13-7-4-8-14-25;;;;/h3-16,21-23H,17-20H2,1-2H3;3*1H;/q;;;;+3/p-3. The molecule has 33 heavy (non-hydrogen) atoms. The Labute approximate surface area is 243 Å². The van der Waals surface area contributed by atoms with Gasteiger partial charge in [-0.2, -0.15) is 0 Å². The van der Waals surface area contributed by atoms with E-state index >= 15 is 0 Å². The van der Waals surface area contributed by atoms with Crippen LogP contribution in [0.1, 0.15) is 62.5 Å². The molecule has 4 rings (SSSR count). The predicted octanol–water partition coefficient (Wildman–Crippen LogP) is -0.766. The summed E-state index contributed by atoms with van der Waals surface area (Å²) in [5.41, 5.74) is 9.29. The van der Waals surface area contributed by atoms with Crippen molar-refractivity contribution in [3.63, 3.8) is 0 Å². The summed E-state index contributed by atoms with van der Waals surface area (Å²) >= 11 is 2.44. The number of halogens is 3. The third kappa shape index (κ3) is 7.77. The third-order valence-corrected chi connectivity index (χ3v) is 7.71. The van der Waals surface area contributed by atoms with Gasteiger partial charge in [-0.05, 0) is 0 Å². The largest absolute Gasteiger partial charge is 1.00 e. The predicted molar refractivity (Wildman–Crippen MR) is 124 cm³/mol. The maximum atomic E-state index is 2.44. The topological polar surface area (TPSA) is 0 Å². The van der Waals surface area contributed by atoms with E-state index in [1.165, 1.54) is 11.1 Å². The molecule has 0 amide bonds. The Balaban J connectivity index is 0.00000181. The summed E-state index contributed by atoms with van der Waals surface area (Å²) in [6.45, 7) is 4.72. The first kappa shape index (κ1) is 30.6. The van der Waals surface area contributed by atoms with Crippen LogP contribution in [0.2, 0.25) is 4.22 Å². The van der Waals surface area contributed by atoms with Crippen molar-refractivity contribution in [2.24, 2.45) is 0 Å². The van der Waals surface area contributed by atoms with Crippen molar-refractivity contribution in [1.82, 2.24) is 0 Å². The SMILES string of the molecule is CC(CC1=C([CH]([Ti+3])C2=C(CC(C)c3ccccc3)C=CC2)CC=C1)c1ccccc1.[Br-].[Br-].[Br-]. The molecule has 0 fully saturated rings. The molecule has 2 aliphatic carbocycles. The Kier molecular flexibility index (Phi) is 13.8. The van der Waals surface area contributed by atoms with Gasteiger partial charge in [-0.1, -0.05) is 0 Å². The van der Waals surface area contributed by atoms with Crippen LogP contribution in [0.4, 0.5) is 0 Å². The maximum absolute atomic E-state index is 2.44. The van der Waals surface area contributed by atoms with Crippen molar-refractivity contribution >= 4 is 0 Å². The van der Waals surface area contributed by atoms with Gasteiger partial charge in [0.05, 0.1) is 0 Å². The molecule has 0 N–H and O–H groups in total. The van der Waals surface area contributed by atoms with Crippen molar-refractivity contribution < 1.29 is 71.4 Å². The second-order valence-corrected chi connectivity index (χ2v) is 9.68. The summed E-state index contributed by atoms with van der Waals surface area (Å²) < 4.78 is 0.533. The summed E-state index contributed by atoms with van der Waals surface area (Å²) in [7, 11) is 0. The van der Waals surface area contributed by atoms with Gasteiger partial charge in [-0.25, -0.2) is 0 Å². The van der Waals surface area contributed by atoms with Crippen LogP contribution in [0.25, 0.3) is 0 Å². The first-order valence-electron chi connectivity index (χ1n) is 11.2. The Morgan fingerprint density at radius 1 is 0.636 bits per heavy atom. The van der Waals surface area contributed by atoms with Gasteiger partial charge in [0.25, 0.3) is 0 Å². The van der Waals surface area contributed by atoms with Crippen LogP contribution < -0.4 is 50.9 Å². The molecular weight excluding hydrogens is 636 g/mol. The Morgan fingerprint density at radius 3 is 1.36 bits per heavy atom. The molecule has 0 bridgehead atoms. The molecular formula is C29H31Br3Ti.